The molecular formula is C13H15FN2. The molecule has 2 nitrogen and oxygen atoms in total. The lowest BCUT2D eigenvalue weighted by Gasteiger charge is -2.04. The maximum absolute atomic E-state index is 12.7. The topological polar surface area (TPSA) is 24.7 Å². The molecule has 0 fully saturated rings. The van der Waals surface area contributed by atoms with Gasteiger partial charge < -0.3 is 0 Å². The highest BCUT2D eigenvalue weighted by molar-refractivity contribution is 6.08. The highest BCUT2D eigenvalue weighted by Gasteiger charge is 2.15. The highest BCUT2D eigenvalue weighted by Crippen LogP contribution is 2.14. The van der Waals surface area contributed by atoms with Gasteiger partial charge >= 0.3 is 0 Å². The molecule has 16 heavy (non-hydrogen) atoms. The van der Waals surface area contributed by atoms with Crippen molar-refractivity contribution in [3.8, 4) is 0 Å². The molecule has 1 aromatic rings. The van der Waals surface area contributed by atoms with Crippen LogP contribution >= 0.6 is 0 Å². The molecule has 84 valence electrons. The zero-order valence-electron chi connectivity index (χ0n) is 9.57. The Hall–Kier alpha value is -1.51. The lowest BCUT2D eigenvalue weighted by Crippen LogP contribution is -2.10. The van der Waals surface area contributed by atoms with Crippen LogP contribution in [0.3, 0.4) is 0 Å². The maximum atomic E-state index is 12.7. The van der Waals surface area contributed by atoms with Gasteiger partial charge in [-0.1, -0.05) is 26.0 Å². The first kappa shape index (κ1) is 11.0. The fourth-order valence-electron chi connectivity index (χ4n) is 1.67. The van der Waals surface area contributed by atoms with Crippen LogP contribution in [0, 0.1) is 11.7 Å². The summed E-state index contributed by atoms with van der Waals surface area (Å²) in [5.41, 5.74) is 3.28. The molecule has 0 unspecified atom stereocenters. The van der Waals surface area contributed by atoms with Crippen LogP contribution in [0.5, 0.6) is 0 Å². The SMILES string of the molecule is CC(C)C1=NN=C(Cc2ccc(F)cc2)C1. The van der Waals surface area contributed by atoms with Gasteiger partial charge in [0.1, 0.15) is 5.82 Å². The molecule has 0 aromatic heterocycles. The molecule has 0 bridgehead atoms. The van der Waals surface area contributed by atoms with E-state index in [4.69, 9.17) is 0 Å². The third-order valence-corrected chi connectivity index (χ3v) is 2.69. The lowest BCUT2D eigenvalue weighted by atomic mass is 9.99. The smallest absolute Gasteiger partial charge is 0.123 e. The van der Waals surface area contributed by atoms with Gasteiger partial charge in [-0.3, -0.25) is 0 Å². The van der Waals surface area contributed by atoms with Gasteiger partial charge in [0.15, 0.2) is 0 Å². The minimum absolute atomic E-state index is 0.198. The predicted molar refractivity (Wildman–Crippen MR) is 64.4 cm³/mol. The summed E-state index contributed by atoms with van der Waals surface area (Å²) in [5, 5.41) is 8.33. The Morgan fingerprint density at radius 3 is 2.44 bits per heavy atom. The molecule has 1 heterocycles. The first-order valence-electron chi connectivity index (χ1n) is 5.52. The van der Waals surface area contributed by atoms with E-state index in [1.807, 2.05) is 0 Å². The zero-order valence-corrected chi connectivity index (χ0v) is 9.57. The van der Waals surface area contributed by atoms with Crippen LogP contribution in [0.15, 0.2) is 34.5 Å². The average molecular weight is 218 g/mol. The largest absolute Gasteiger partial charge is 0.207 e. The maximum Gasteiger partial charge on any atom is 0.123 e. The number of rotatable bonds is 3. The third-order valence-electron chi connectivity index (χ3n) is 2.69. The highest BCUT2D eigenvalue weighted by atomic mass is 19.1. The molecule has 0 radical (unpaired) electrons. The average Bonchev–Trinajstić information content (AvgIpc) is 2.70. The van der Waals surface area contributed by atoms with Gasteiger partial charge in [-0.2, -0.15) is 10.2 Å². The Bertz CT molecular complexity index is 430. The van der Waals surface area contributed by atoms with E-state index < -0.39 is 0 Å². The van der Waals surface area contributed by atoms with Crippen molar-refractivity contribution in [3.63, 3.8) is 0 Å². The van der Waals surface area contributed by atoms with Gasteiger partial charge in [-0.25, -0.2) is 4.39 Å². The van der Waals surface area contributed by atoms with Gasteiger partial charge in [0.2, 0.25) is 0 Å². The van der Waals surface area contributed by atoms with Gasteiger partial charge in [0.25, 0.3) is 0 Å². The van der Waals surface area contributed by atoms with Crippen LogP contribution in [0.4, 0.5) is 4.39 Å². The second-order valence-electron chi connectivity index (χ2n) is 4.39. The van der Waals surface area contributed by atoms with Crippen LogP contribution in [0.2, 0.25) is 0 Å². The summed E-state index contributed by atoms with van der Waals surface area (Å²) in [6.07, 6.45) is 1.62. The Morgan fingerprint density at radius 1 is 1.19 bits per heavy atom. The fourth-order valence-corrected chi connectivity index (χ4v) is 1.67. The summed E-state index contributed by atoms with van der Waals surface area (Å²) < 4.78 is 12.7. The summed E-state index contributed by atoms with van der Waals surface area (Å²) >= 11 is 0. The number of hydrogen-bond donors (Lipinski definition) is 0. The first-order valence-corrected chi connectivity index (χ1v) is 5.52. The molecule has 0 saturated heterocycles. The predicted octanol–water partition coefficient (Wildman–Crippen LogP) is 3.22. The molecule has 3 heteroatoms. The quantitative estimate of drug-likeness (QED) is 0.744. The van der Waals surface area contributed by atoms with Crippen LogP contribution in [-0.4, -0.2) is 11.4 Å². The van der Waals surface area contributed by atoms with Crippen molar-refractivity contribution >= 4 is 11.4 Å². The molecule has 0 atom stereocenters. The second kappa shape index (κ2) is 4.56. The van der Waals surface area contributed by atoms with Crippen molar-refractivity contribution in [2.45, 2.75) is 26.7 Å². The third kappa shape index (κ3) is 2.54. The Balaban J connectivity index is 1.96. The molecule has 0 aliphatic carbocycles. The Labute approximate surface area is 94.9 Å². The van der Waals surface area contributed by atoms with E-state index in [0.717, 1.165) is 29.8 Å². The molecule has 0 saturated carbocycles. The second-order valence-corrected chi connectivity index (χ2v) is 4.39. The zero-order chi connectivity index (χ0) is 11.5. The molecule has 0 amide bonds. The van der Waals surface area contributed by atoms with Crippen molar-refractivity contribution in [2.24, 2.45) is 16.1 Å². The van der Waals surface area contributed by atoms with E-state index in [1.54, 1.807) is 12.1 Å². The monoisotopic (exact) mass is 218 g/mol. The van der Waals surface area contributed by atoms with Gasteiger partial charge in [-0.15, -0.1) is 0 Å². The van der Waals surface area contributed by atoms with Crippen LogP contribution in [0.25, 0.3) is 0 Å². The Kier molecular flexibility index (Phi) is 3.13. The van der Waals surface area contributed by atoms with Crippen molar-refractivity contribution in [1.82, 2.24) is 0 Å². The van der Waals surface area contributed by atoms with E-state index >= 15 is 0 Å². The van der Waals surface area contributed by atoms with Crippen molar-refractivity contribution in [1.29, 1.82) is 0 Å². The van der Waals surface area contributed by atoms with Gasteiger partial charge in [-0.05, 0) is 23.6 Å². The Morgan fingerprint density at radius 2 is 1.88 bits per heavy atom. The summed E-state index contributed by atoms with van der Waals surface area (Å²) in [6.45, 7) is 4.24. The van der Waals surface area contributed by atoms with E-state index in [-0.39, 0.29) is 5.82 Å². The normalized spacial score (nSPS) is 15.2. The molecule has 1 aliphatic rings. The van der Waals surface area contributed by atoms with Gasteiger partial charge in [0.05, 0.1) is 5.71 Å². The molecule has 0 N–H and O–H groups in total. The van der Waals surface area contributed by atoms with Crippen molar-refractivity contribution in [2.75, 3.05) is 0 Å². The summed E-state index contributed by atoms with van der Waals surface area (Å²) in [4.78, 5) is 0. The lowest BCUT2D eigenvalue weighted by molar-refractivity contribution is 0.627. The fraction of sp³-hybridized carbons (Fsp3) is 0.385. The van der Waals surface area contributed by atoms with E-state index in [9.17, 15) is 4.39 Å². The van der Waals surface area contributed by atoms with Crippen LogP contribution < -0.4 is 0 Å². The first-order chi connectivity index (χ1) is 7.65. The van der Waals surface area contributed by atoms with E-state index in [1.165, 1.54) is 12.1 Å². The van der Waals surface area contributed by atoms with Crippen LogP contribution in [0.1, 0.15) is 25.8 Å². The minimum Gasteiger partial charge on any atom is -0.207 e. The summed E-state index contributed by atoms with van der Waals surface area (Å²) in [6, 6.07) is 6.56. The van der Waals surface area contributed by atoms with E-state index in [0.29, 0.717) is 5.92 Å². The number of nitrogens with zero attached hydrogens (tertiary/aromatic N) is 2. The summed E-state index contributed by atoms with van der Waals surface area (Å²) in [7, 11) is 0. The molecule has 1 aromatic carbocycles. The summed E-state index contributed by atoms with van der Waals surface area (Å²) in [5.74, 6) is 0.255. The number of benzene rings is 1. The van der Waals surface area contributed by atoms with Crippen LogP contribution in [-0.2, 0) is 6.42 Å². The van der Waals surface area contributed by atoms with Gasteiger partial charge in [0, 0.05) is 18.6 Å². The number of hydrogen-bond acceptors (Lipinski definition) is 2. The van der Waals surface area contributed by atoms with Crippen molar-refractivity contribution < 1.29 is 4.39 Å². The standard InChI is InChI=1S/C13H15FN2/c1-9(2)13-8-12(15-16-13)7-10-3-5-11(14)6-4-10/h3-6,9H,7-8H2,1-2H3. The number of halogens is 1. The molecule has 0 spiro atoms. The molecule has 1 aliphatic heterocycles. The minimum atomic E-state index is -0.198. The molecule has 2 rings (SSSR count). The van der Waals surface area contributed by atoms with E-state index in [2.05, 4.69) is 24.1 Å². The molecular weight excluding hydrogens is 203 g/mol. The van der Waals surface area contributed by atoms with Crippen molar-refractivity contribution in [3.05, 3.63) is 35.6 Å².